The Kier molecular flexibility index (Phi) is 4.61. The highest BCUT2D eigenvalue weighted by Crippen LogP contribution is 2.21. The van der Waals surface area contributed by atoms with Crippen LogP contribution in [0.3, 0.4) is 0 Å². The molecule has 0 spiro atoms. The van der Waals surface area contributed by atoms with Crippen molar-refractivity contribution in [3.63, 3.8) is 0 Å². The summed E-state index contributed by atoms with van der Waals surface area (Å²) in [5.74, 6) is 0.922. The second-order valence-corrected chi connectivity index (χ2v) is 6.39. The Balaban J connectivity index is 1.80. The number of aryl methyl sites for hydroxylation is 1. The minimum absolute atomic E-state index is 0.922. The van der Waals surface area contributed by atoms with Crippen molar-refractivity contribution in [2.24, 2.45) is 0 Å². The zero-order chi connectivity index (χ0) is 11.4. The summed E-state index contributed by atoms with van der Waals surface area (Å²) in [5.41, 5.74) is 1.17. The molecular formula is C11H16N2S3. The SMILES string of the molecule is CCc1nc(CSC(=S)N2CCCC2)cs1. The van der Waals surface area contributed by atoms with Gasteiger partial charge in [-0.1, -0.05) is 30.9 Å². The van der Waals surface area contributed by atoms with Gasteiger partial charge in [0.2, 0.25) is 0 Å². The van der Waals surface area contributed by atoms with Gasteiger partial charge in [0.1, 0.15) is 4.32 Å². The van der Waals surface area contributed by atoms with Crippen molar-refractivity contribution >= 4 is 39.6 Å². The van der Waals surface area contributed by atoms with Crippen molar-refractivity contribution in [3.8, 4) is 0 Å². The Morgan fingerprint density at radius 1 is 1.56 bits per heavy atom. The molecule has 88 valence electrons. The highest BCUT2D eigenvalue weighted by atomic mass is 32.2. The van der Waals surface area contributed by atoms with Crippen molar-refractivity contribution in [1.82, 2.24) is 9.88 Å². The third-order valence-corrected chi connectivity index (χ3v) is 5.21. The van der Waals surface area contributed by atoms with E-state index in [0.29, 0.717) is 0 Å². The summed E-state index contributed by atoms with van der Waals surface area (Å²) in [4.78, 5) is 6.86. The summed E-state index contributed by atoms with van der Waals surface area (Å²) in [6.45, 7) is 4.43. The van der Waals surface area contributed by atoms with E-state index in [2.05, 4.69) is 22.2 Å². The fraction of sp³-hybridized carbons (Fsp3) is 0.636. The Bertz CT molecular complexity index is 356. The van der Waals surface area contributed by atoms with E-state index in [9.17, 15) is 0 Å². The quantitative estimate of drug-likeness (QED) is 0.784. The van der Waals surface area contributed by atoms with E-state index in [0.717, 1.165) is 29.6 Å². The predicted molar refractivity (Wildman–Crippen MR) is 76.2 cm³/mol. The molecule has 16 heavy (non-hydrogen) atoms. The molecule has 0 aliphatic carbocycles. The molecule has 5 heteroatoms. The van der Waals surface area contributed by atoms with Crippen LogP contribution < -0.4 is 0 Å². The van der Waals surface area contributed by atoms with Gasteiger partial charge in [0, 0.05) is 24.2 Å². The molecule has 1 aliphatic heterocycles. The fourth-order valence-electron chi connectivity index (χ4n) is 1.70. The molecule has 2 nitrogen and oxygen atoms in total. The monoisotopic (exact) mass is 272 g/mol. The van der Waals surface area contributed by atoms with Crippen LogP contribution in [0, 0.1) is 0 Å². The summed E-state index contributed by atoms with van der Waals surface area (Å²) < 4.78 is 1.04. The molecule has 0 N–H and O–H groups in total. The van der Waals surface area contributed by atoms with E-state index >= 15 is 0 Å². The molecule has 0 saturated carbocycles. The van der Waals surface area contributed by atoms with Crippen LogP contribution in [0.5, 0.6) is 0 Å². The van der Waals surface area contributed by atoms with Crippen LogP contribution in [0.25, 0.3) is 0 Å². The smallest absolute Gasteiger partial charge is 0.136 e. The highest BCUT2D eigenvalue weighted by Gasteiger charge is 2.15. The first-order chi connectivity index (χ1) is 7.79. The van der Waals surface area contributed by atoms with Gasteiger partial charge in [-0.3, -0.25) is 0 Å². The number of hydrogen-bond donors (Lipinski definition) is 0. The fourth-order valence-corrected chi connectivity index (χ4v) is 3.70. The molecule has 1 fully saturated rings. The van der Waals surface area contributed by atoms with E-state index < -0.39 is 0 Å². The van der Waals surface area contributed by atoms with Crippen LogP contribution in [0.4, 0.5) is 0 Å². The number of nitrogens with zero attached hydrogens (tertiary/aromatic N) is 2. The van der Waals surface area contributed by atoms with E-state index in [4.69, 9.17) is 12.2 Å². The predicted octanol–water partition coefficient (Wildman–Crippen LogP) is 3.32. The first kappa shape index (κ1) is 12.3. The standard InChI is InChI=1S/C11H16N2S3/c1-2-10-12-9(7-15-10)8-16-11(14)13-5-3-4-6-13/h7H,2-6,8H2,1H3. The van der Waals surface area contributed by atoms with Crippen molar-refractivity contribution in [2.45, 2.75) is 31.9 Å². The largest absolute Gasteiger partial charge is 0.358 e. The lowest BCUT2D eigenvalue weighted by molar-refractivity contribution is 0.539. The summed E-state index contributed by atoms with van der Waals surface area (Å²) in [6.07, 6.45) is 3.61. The number of aromatic nitrogens is 1. The zero-order valence-electron chi connectivity index (χ0n) is 9.44. The van der Waals surface area contributed by atoms with Gasteiger partial charge in [0.25, 0.3) is 0 Å². The molecule has 0 aromatic carbocycles. The molecule has 0 radical (unpaired) electrons. The van der Waals surface area contributed by atoms with Crippen molar-refractivity contribution in [2.75, 3.05) is 13.1 Å². The van der Waals surface area contributed by atoms with Crippen molar-refractivity contribution in [3.05, 3.63) is 16.1 Å². The molecule has 1 saturated heterocycles. The van der Waals surface area contributed by atoms with Crippen LogP contribution >= 0.6 is 35.3 Å². The van der Waals surface area contributed by atoms with E-state index in [1.807, 2.05) is 0 Å². The number of likely N-dealkylation sites (tertiary alicyclic amines) is 1. The van der Waals surface area contributed by atoms with Crippen LogP contribution in [-0.2, 0) is 12.2 Å². The van der Waals surface area contributed by atoms with Gasteiger partial charge < -0.3 is 4.90 Å². The molecule has 1 aromatic heterocycles. The van der Waals surface area contributed by atoms with Crippen LogP contribution in [0.2, 0.25) is 0 Å². The molecule has 1 aliphatic rings. The number of thiazole rings is 1. The van der Waals surface area contributed by atoms with Crippen LogP contribution in [0.15, 0.2) is 5.38 Å². The summed E-state index contributed by atoms with van der Waals surface area (Å²) in [6, 6.07) is 0. The minimum Gasteiger partial charge on any atom is -0.358 e. The molecule has 0 bridgehead atoms. The van der Waals surface area contributed by atoms with Gasteiger partial charge in [0.15, 0.2) is 0 Å². The van der Waals surface area contributed by atoms with Crippen molar-refractivity contribution < 1.29 is 0 Å². The molecular weight excluding hydrogens is 256 g/mol. The van der Waals surface area contributed by atoms with Crippen LogP contribution in [0.1, 0.15) is 30.5 Å². The number of thioether (sulfide) groups is 1. The lowest BCUT2D eigenvalue weighted by Gasteiger charge is -2.16. The molecule has 2 rings (SSSR count). The summed E-state index contributed by atoms with van der Waals surface area (Å²) >= 11 is 8.92. The molecule has 0 amide bonds. The first-order valence-electron chi connectivity index (χ1n) is 5.64. The summed E-state index contributed by atoms with van der Waals surface area (Å²) in [7, 11) is 0. The second kappa shape index (κ2) is 5.98. The van der Waals surface area contributed by atoms with Crippen molar-refractivity contribution in [1.29, 1.82) is 0 Å². The maximum atomic E-state index is 5.41. The van der Waals surface area contributed by atoms with Gasteiger partial charge in [-0.15, -0.1) is 11.3 Å². The summed E-state index contributed by atoms with van der Waals surface area (Å²) in [5, 5.41) is 3.38. The Morgan fingerprint density at radius 2 is 2.31 bits per heavy atom. The Morgan fingerprint density at radius 3 is 2.94 bits per heavy atom. The average molecular weight is 272 g/mol. The number of hydrogen-bond acceptors (Lipinski definition) is 4. The maximum Gasteiger partial charge on any atom is 0.136 e. The number of rotatable bonds is 3. The average Bonchev–Trinajstić information content (AvgIpc) is 2.96. The maximum absolute atomic E-state index is 5.41. The van der Waals surface area contributed by atoms with Crippen LogP contribution in [-0.4, -0.2) is 27.3 Å². The van der Waals surface area contributed by atoms with Gasteiger partial charge in [-0.25, -0.2) is 4.98 Å². The topological polar surface area (TPSA) is 16.1 Å². The van der Waals surface area contributed by atoms with E-state index in [1.165, 1.54) is 23.5 Å². The molecule has 2 heterocycles. The van der Waals surface area contributed by atoms with E-state index in [-0.39, 0.29) is 0 Å². The third kappa shape index (κ3) is 3.18. The normalized spacial score (nSPS) is 15.7. The highest BCUT2D eigenvalue weighted by molar-refractivity contribution is 8.22. The second-order valence-electron chi connectivity index (χ2n) is 3.83. The molecule has 0 atom stereocenters. The Hall–Kier alpha value is -0.130. The first-order valence-corrected chi connectivity index (χ1v) is 7.92. The molecule has 1 aromatic rings. The zero-order valence-corrected chi connectivity index (χ0v) is 11.9. The van der Waals surface area contributed by atoms with Gasteiger partial charge in [-0.2, -0.15) is 0 Å². The molecule has 0 unspecified atom stereocenters. The lowest BCUT2D eigenvalue weighted by atomic mass is 10.4. The Labute approximate surface area is 110 Å². The minimum atomic E-state index is 0.922. The number of thiocarbonyl (C=S) groups is 1. The van der Waals surface area contributed by atoms with Gasteiger partial charge >= 0.3 is 0 Å². The third-order valence-electron chi connectivity index (χ3n) is 2.61. The lowest BCUT2D eigenvalue weighted by Crippen LogP contribution is -2.23. The van der Waals surface area contributed by atoms with Gasteiger partial charge in [0.05, 0.1) is 10.7 Å². The van der Waals surface area contributed by atoms with E-state index in [1.54, 1.807) is 23.1 Å². The van der Waals surface area contributed by atoms with Gasteiger partial charge in [-0.05, 0) is 19.3 Å².